The first-order valence-corrected chi connectivity index (χ1v) is 7.40. The molecule has 0 amide bonds. The molecular formula is C16H32N2. The molecule has 18 heavy (non-hydrogen) atoms. The second-order valence-corrected chi connectivity index (χ2v) is 7.00. The topological polar surface area (TPSA) is 27.0 Å². The zero-order valence-corrected chi connectivity index (χ0v) is 13.3. The number of unbranched alkanes of at least 4 members (excludes halogenated alkanes) is 1. The van der Waals surface area contributed by atoms with Gasteiger partial charge in [-0.3, -0.25) is 0 Å². The van der Waals surface area contributed by atoms with E-state index in [1.165, 1.54) is 26.1 Å². The average molecular weight is 252 g/mol. The molecule has 0 fully saturated rings. The maximum absolute atomic E-state index is 8.98. The van der Waals surface area contributed by atoms with E-state index in [4.69, 9.17) is 5.26 Å². The molecule has 0 atom stereocenters. The van der Waals surface area contributed by atoms with Crippen LogP contribution in [0.4, 0.5) is 0 Å². The van der Waals surface area contributed by atoms with Gasteiger partial charge in [0.25, 0.3) is 0 Å². The predicted molar refractivity (Wildman–Crippen MR) is 79.4 cm³/mol. The summed E-state index contributed by atoms with van der Waals surface area (Å²) in [5, 5.41) is 8.98. The number of nitrogens with zero attached hydrogens (tertiary/aromatic N) is 2. The van der Waals surface area contributed by atoms with Crippen molar-refractivity contribution in [1.29, 1.82) is 5.26 Å². The van der Waals surface area contributed by atoms with Gasteiger partial charge in [-0.25, -0.2) is 0 Å². The highest BCUT2D eigenvalue weighted by Gasteiger charge is 2.16. The van der Waals surface area contributed by atoms with E-state index in [1.807, 2.05) is 13.8 Å². The van der Waals surface area contributed by atoms with Crippen molar-refractivity contribution < 1.29 is 0 Å². The van der Waals surface area contributed by atoms with Crippen LogP contribution in [0.15, 0.2) is 0 Å². The summed E-state index contributed by atoms with van der Waals surface area (Å²) in [5.41, 5.74) is -0.152. The molecule has 0 saturated carbocycles. The van der Waals surface area contributed by atoms with E-state index in [9.17, 15) is 0 Å². The van der Waals surface area contributed by atoms with Crippen LogP contribution >= 0.6 is 0 Å². The van der Waals surface area contributed by atoms with E-state index in [2.05, 4.69) is 38.7 Å². The average Bonchev–Trinajstić information content (AvgIpc) is 2.22. The maximum Gasteiger partial charge on any atom is 0.0683 e. The molecule has 0 aromatic carbocycles. The Balaban J connectivity index is 3.93. The molecule has 0 aliphatic carbocycles. The molecule has 0 spiro atoms. The van der Waals surface area contributed by atoms with Crippen LogP contribution in [0.1, 0.15) is 60.8 Å². The van der Waals surface area contributed by atoms with Crippen LogP contribution in [0, 0.1) is 28.6 Å². The van der Waals surface area contributed by atoms with Crippen molar-refractivity contribution in [2.75, 3.05) is 19.6 Å². The summed E-state index contributed by atoms with van der Waals surface area (Å²) < 4.78 is 0. The van der Waals surface area contributed by atoms with Gasteiger partial charge in [-0.1, -0.05) is 34.1 Å². The summed E-state index contributed by atoms with van der Waals surface area (Å²) in [7, 11) is 0. The highest BCUT2D eigenvalue weighted by atomic mass is 15.1. The minimum Gasteiger partial charge on any atom is -0.303 e. The molecule has 0 aromatic heterocycles. The largest absolute Gasteiger partial charge is 0.303 e. The maximum atomic E-state index is 8.98. The van der Waals surface area contributed by atoms with Crippen molar-refractivity contribution in [3.63, 3.8) is 0 Å². The minimum absolute atomic E-state index is 0.152. The molecule has 0 aliphatic rings. The zero-order valence-electron chi connectivity index (χ0n) is 13.3. The SMILES string of the molecule is CC(C)CN(CCCCC(C)(C)C#N)CC(C)C. The van der Waals surface area contributed by atoms with E-state index >= 15 is 0 Å². The Morgan fingerprint density at radius 2 is 1.50 bits per heavy atom. The minimum atomic E-state index is -0.152. The lowest BCUT2D eigenvalue weighted by Gasteiger charge is -2.26. The second kappa shape index (κ2) is 8.53. The van der Waals surface area contributed by atoms with Crippen LogP contribution in [0.25, 0.3) is 0 Å². The van der Waals surface area contributed by atoms with Crippen molar-refractivity contribution in [3.05, 3.63) is 0 Å². The Hall–Kier alpha value is -0.550. The van der Waals surface area contributed by atoms with Gasteiger partial charge < -0.3 is 4.90 Å². The molecule has 0 aliphatic heterocycles. The molecule has 0 heterocycles. The van der Waals surface area contributed by atoms with Gasteiger partial charge in [-0.15, -0.1) is 0 Å². The summed E-state index contributed by atoms with van der Waals surface area (Å²) in [4.78, 5) is 2.58. The lowest BCUT2D eigenvalue weighted by atomic mass is 9.89. The number of rotatable bonds is 9. The van der Waals surface area contributed by atoms with E-state index in [-0.39, 0.29) is 5.41 Å². The normalized spacial score (nSPS) is 12.4. The van der Waals surface area contributed by atoms with Gasteiger partial charge >= 0.3 is 0 Å². The molecule has 0 rings (SSSR count). The Morgan fingerprint density at radius 1 is 1.00 bits per heavy atom. The van der Waals surface area contributed by atoms with E-state index in [0.717, 1.165) is 24.7 Å². The summed E-state index contributed by atoms with van der Waals surface area (Å²) in [6.07, 6.45) is 3.39. The fourth-order valence-corrected chi connectivity index (χ4v) is 2.25. The van der Waals surface area contributed by atoms with Crippen LogP contribution in [0.3, 0.4) is 0 Å². The van der Waals surface area contributed by atoms with E-state index in [0.29, 0.717) is 0 Å². The van der Waals surface area contributed by atoms with Gasteiger partial charge in [0.2, 0.25) is 0 Å². The molecule has 0 N–H and O–H groups in total. The van der Waals surface area contributed by atoms with Crippen LogP contribution in [-0.4, -0.2) is 24.5 Å². The predicted octanol–water partition coefficient (Wildman–Crippen LogP) is 4.32. The van der Waals surface area contributed by atoms with Crippen molar-refractivity contribution in [3.8, 4) is 6.07 Å². The summed E-state index contributed by atoms with van der Waals surface area (Å²) >= 11 is 0. The van der Waals surface area contributed by atoms with E-state index in [1.54, 1.807) is 0 Å². The Kier molecular flexibility index (Phi) is 8.27. The fourth-order valence-electron chi connectivity index (χ4n) is 2.25. The molecule has 0 aromatic rings. The zero-order chi connectivity index (χ0) is 14.2. The van der Waals surface area contributed by atoms with Crippen LogP contribution in [-0.2, 0) is 0 Å². The third kappa shape index (κ3) is 9.48. The Bertz CT molecular complexity index is 238. The fraction of sp³-hybridized carbons (Fsp3) is 0.938. The van der Waals surface area contributed by atoms with Crippen molar-refractivity contribution in [2.45, 2.75) is 60.8 Å². The number of hydrogen-bond donors (Lipinski definition) is 0. The first kappa shape index (κ1) is 17.4. The van der Waals surface area contributed by atoms with Gasteiger partial charge in [-0.2, -0.15) is 5.26 Å². The molecule has 0 radical (unpaired) electrons. The molecular weight excluding hydrogens is 220 g/mol. The van der Waals surface area contributed by atoms with Gasteiger partial charge in [0.05, 0.1) is 11.5 Å². The Labute approximate surface area is 114 Å². The highest BCUT2D eigenvalue weighted by molar-refractivity contribution is 4.91. The first-order valence-electron chi connectivity index (χ1n) is 7.40. The lowest BCUT2D eigenvalue weighted by Crippen LogP contribution is -2.32. The molecule has 0 bridgehead atoms. The van der Waals surface area contributed by atoms with Gasteiger partial charge in [0.15, 0.2) is 0 Å². The van der Waals surface area contributed by atoms with Gasteiger partial charge in [0, 0.05) is 13.1 Å². The quantitative estimate of drug-likeness (QED) is 0.571. The molecule has 2 nitrogen and oxygen atoms in total. The van der Waals surface area contributed by atoms with Crippen molar-refractivity contribution in [1.82, 2.24) is 4.90 Å². The third-order valence-electron chi connectivity index (χ3n) is 3.08. The van der Waals surface area contributed by atoms with Crippen LogP contribution < -0.4 is 0 Å². The lowest BCUT2D eigenvalue weighted by molar-refractivity contribution is 0.212. The smallest absolute Gasteiger partial charge is 0.0683 e. The van der Waals surface area contributed by atoms with Gasteiger partial charge in [-0.05, 0) is 45.1 Å². The van der Waals surface area contributed by atoms with Crippen molar-refractivity contribution in [2.24, 2.45) is 17.3 Å². The summed E-state index contributed by atoms with van der Waals surface area (Å²) in [5.74, 6) is 1.47. The standard InChI is InChI=1S/C16H32N2/c1-14(2)11-18(12-15(3)4)10-8-7-9-16(5,6)13-17/h14-15H,7-12H2,1-6H3. The monoisotopic (exact) mass is 252 g/mol. The highest BCUT2D eigenvalue weighted by Crippen LogP contribution is 2.21. The summed E-state index contributed by atoms with van der Waals surface area (Å²) in [6.45, 7) is 16.8. The van der Waals surface area contributed by atoms with Crippen LogP contribution in [0.5, 0.6) is 0 Å². The Morgan fingerprint density at radius 3 is 1.89 bits per heavy atom. The first-order chi connectivity index (χ1) is 8.26. The third-order valence-corrected chi connectivity index (χ3v) is 3.08. The number of hydrogen-bond acceptors (Lipinski definition) is 2. The van der Waals surface area contributed by atoms with Crippen LogP contribution in [0.2, 0.25) is 0 Å². The summed E-state index contributed by atoms with van der Waals surface area (Å²) in [6, 6.07) is 2.38. The van der Waals surface area contributed by atoms with Crippen molar-refractivity contribution >= 4 is 0 Å². The number of nitriles is 1. The molecule has 0 unspecified atom stereocenters. The molecule has 0 saturated heterocycles. The second-order valence-electron chi connectivity index (χ2n) is 7.00. The molecule has 106 valence electrons. The van der Waals surface area contributed by atoms with Gasteiger partial charge in [0.1, 0.15) is 0 Å². The van der Waals surface area contributed by atoms with E-state index < -0.39 is 0 Å². The molecule has 2 heteroatoms.